The van der Waals surface area contributed by atoms with Crippen LogP contribution in [0.4, 0.5) is 0 Å². The molecule has 0 N–H and O–H groups in total. The second-order valence-corrected chi connectivity index (χ2v) is 5.23. The maximum atomic E-state index is 11.7. The average Bonchev–Trinajstić information content (AvgIpc) is 2.51. The first-order valence-electron chi connectivity index (χ1n) is 7.15. The third-order valence-corrected chi connectivity index (χ3v) is 3.05. The van der Waals surface area contributed by atoms with E-state index in [0.29, 0.717) is 30.3 Å². The molecule has 2 aromatic rings. The van der Waals surface area contributed by atoms with Gasteiger partial charge in [0.1, 0.15) is 24.7 Å². The van der Waals surface area contributed by atoms with Crippen LogP contribution in [0.1, 0.15) is 29.8 Å². The predicted molar refractivity (Wildman–Crippen MR) is 87.5 cm³/mol. The minimum absolute atomic E-state index is 0.0358. The van der Waals surface area contributed by atoms with Gasteiger partial charge in [-0.15, -0.1) is 0 Å². The molecular weight excluding hydrogens is 276 g/mol. The van der Waals surface area contributed by atoms with Gasteiger partial charge in [0.05, 0.1) is 5.56 Å². The summed E-state index contributed by atoms with van der Waals surface area (Å²) in [5.41, 5.74) is 2.53. The number of ether oxygens (including phenoxy) is 2. The molecule has 0 spiro atoms. The largest absolute Gasteiger partial charge is 0.489 e. The van der Waals surface area contributed by atoms with Crippen molar-refractivity contribution in [2.24, 2.45) is 0 Å². The number of rotatable bonds is 7. The molecule has 0 aliphatic heterocycles. The van der Waals surface area contributed by atoms with E-state index in [1.165, 1.54) is 6.92 Å². The molecule has 0 aromatic heterocycles. The quantitative estimate of drug-likeness (QED) is 0.560. The molecule has 0 radical (unpaired) electrons. The highest BCUT2D eigenvalue weighted by atomic mass is 16.5. The van der Waals surface area contributed by atoms with E-state index >= 15 is 0 Å². The van der Waals surface area contributed by atoms with E-state index in [0.717, 1.165) is 11.1 Å². The summed E-state index contributed by atoms with van der Waals surface area (Å²) in [6.45, 7) is 8.05. The molecular formula is C19H20O3. The van der Waals surface area contributed by atoms with Crippen LogP contribution in [0.2, 0.25) is 0 Å². The maximum absolute atomic E-state index is 11.7. The molecule has 2 aromatic carbocycles. The van der Waals surface area contributed by atoms with Crippen LogP contribution < -0.4 is 9.47 Å². The van der Waals surface area contributed by atoms with Crippen molar-refractivity contribution in [1.29, 1.82) is 0 Å². The molecule has 0 fully saturated rings. The second kappa shape index (κ2) is 7.46. The lowest BCUT2D eigenvalue weighted by molar-refractivity contribution is 0.101. The summed E-state index contributed by atoms with van der Waals surface area (Å²) in [6, 6.07) is 15.2. The lowest BCUT2D eigenvalue weighted by atomic mass is 10.1. The summed E-state index contributed by atoms with van der Waals surface area (Å²) in [5.74, 6) is 1.16. The Morgan fingerprint density at radius 2 is 1.77 bits per heavy atom. The third-order valence-electron chi connectivity index (χ3n) is 3.05. The van der Waals surface area contributed by atoms with Gasteiger partial charge in [0.25, 0.3) is 0 Å². The highest BCUT2D eigenvalue weighted by molar-refractivity contribution is 5.97. The van der Waals surface area contributed by atoms with Gasteiger partial charge in [0.15, 0.2) is 5.78 Å². The summed E-state index contributed by atoms with van der Waals surface area (Å²) >= 11 is 0. The third kappa shape index (κ3) is 4.48. The molecule has 22 heavy (non-hydrogen) atoms. The van der Waals surface area contributed by atoms with Crippen LogP contribution in [-0.2, 0) is 6.61 Å². The minimum Gasteiger partial charge on any atom is -0.489 e. The molecule has 3 heteroatoms. The maximum Gasteiger partial charge on any atom is 0.163 e. The van der Waals surface area contributed by atoms with Crippen molar-refractivity contribution in [1.82, 2.24) is 0 Å². The molecule has 0 heterocycles. The molecule has 0 amide bonds. The van der Waals surface area contributed by atoms with Gasteiger partial charge in [-0.05, 0) is 37.1 Å². The van der Waals surface area contributed by atoms with E-state index in [1.54, 1.807) is 18.2 Å². The number of hydrogen-bond donors (Lipinski definition) is 0. The Kier molecular flexibility index (Phi) is 5.37. The van der Waals surface area contributed by atoms with Gasteiger partial charge in [-0.3, -0.25) is 4.79 Å². The Labute approximate surface area is 131 Å². The van der Waals surface area contributed by atoms with Crippen LogP contribution in [0.25, 0.3) is 0 Å². The zero-order chi connectivity index (χ0) is 15.9. The van der Waals surface area contributed by atoms with Crippen LogP contribution in [0, 0.1) is 0 Å². The van der Waals surface area contributed by atoms with Crippen LogP contribution in [0.15, 0.2) is 60.7 Å². The number of benzene rings is 2. The Balaban J connectivity index is 2.13. The van der Waals surface area contributed by atoms with E-state index in [9.17, 15) is 4.79 Å². The minimum atomic E-state index is -0.0358. The van der Waals surface area contributed by atoms with Gasteiger partial charge < -0.3 is 9.47 Å². The smallest absolute Gasteiger partial charge is 0.163 e. The molecule has 0 aliphatic rings. The monoisotopic (exact) mass is 296 g/mol. The highest BCUT2D eigenvalue weighted by Gasteiger charge is 2.10. The zero-order valence-corrected chi connectivity index (χ0v) is 13.0. The summed E-state index contributed by atoms with van der Waals surface area (Å²) in [6.07, 6.45) is 0. The fourth-order valence-corrected chi connectivity index (χ4v) is 1.94. The van der Waals surface area contributed by atoms with Crippen LogP contribution in [0.5, 0.6) is 11.5 Å². The molecule has 0 saturated carbocycles. The first-order valence-corrected chi connectivity index (χ1v) is 7.15. The molecule has 0 unspecified atom stereocenters. The highest BCUT2D eigenvalue weighted by Crippen LogP contribution is 2.26. The fourth-order valence-electron chi connectivity index (χ4n) is 1.94. The Bertz CT molecular complexity index is 660. The van der Waals surface area contributed by atoms with Crippen LogP contribution in [0.3, 0.4) is 0 Å². The number of carbonyl (C=O) groups excluding carboxylic acids is 1. The van der Waals surface area contributed by atoms with Crippen molar-refractivity contribution in [2.75, 3.05) is 6.61 Å². The molecule has 0 atom stereocenters. The van der Waals surface area contributed by atoms with Crippen molar-refractivity contribution >= 4 is 5.78 Å². The first-order chi connectivity index (χ1) is 10.6. The van der Waals surface area contributed by atoms with Gasteiger partial charge in [0, 0.05) is 6.07 Å². The van der Waals surface area contributed by atoms with Gasteiger partial charge in [-0.2, -0.15) is 0 Å². The summed E-state index contributed by atoms with van der Waals surface area (Å²) in [4.78, 5) is 11.7. The normalized spacial score (nSPS) is 10.1. The first kappa shape index (κ1) is 15.8. The molecule has 0 bridgehead atoms. The van der Waals surface area contributed by atoms with Crippen molar-refractivity contribution in [2.45, 2.75) is 20.5 Å². The lowest BCUT2D eigenvalue weighted by Crippen LogP contribution is -2.04. The number of hydrogen-bond acceptors (Lipinski definition) is 3. The summed E-state index contributed by atoms with van der Waals surface area (Å²) in [7, 11) is 0. The van der Waals surface area contributed by atoms with Crippen molar-refractivity contribution in [3.63, 3.8) is 0 Å². The van der Waals surface area contributed by atoms with Crippen LogP contribution in [-0.4, -0.2) is 12.4 Å². The number of Topliss-reactive ketones (excluding diaryl/α,β-unsaturated/α-hetero) is 1. The standard InChI is InChI=1S/C19H20O3/c1-14(2)12-22-19-11-17(9-10-18(19)15(3)20)21-13-16-7-5-4-6-8-16/h4-11H,1,12-13H2,2-3H3. The Morgan fingerprint density at radius 1 is 1.05 bits per heavy atom. The summed E-state index contributed by atoms with van der Waals surface area (Å²) in [5, 5.41) is 0. The van der Waals surface area contributed by atoms with E-state index < -0.39 is 0 Å². The van der Waals surface area contributed by atoms with E-state index in [2.05, 4.69) is 6.58 Å². The van der Waals surface area contributed by atoms with Crippen molar-refractivity contribution in [3.05, 3.63) is 71.8 Å². The average molecular weight is 296 g/mol. The second-order valence-electron chi connectivity index (χ2n) is 5.23. The number of carbonyl (C=O) groups is 1. The van der Waals surface area contributed by atoms with Gasteiger partial charge in [-0.25, -0.2) is 0 Å². The molecule has 2 rings (SSSR count). The van der Waals surface area contributed by atoms with E-state index in [-0.39, 0.29) is 5.78 Å². The molecule has 114 valence electrons. The Morgan fingerprint density at radius 3 is 2.41 bits per heavy atom. The zero-order valence-electron chi connectivity index (χ0n) is 13.0. The molecule has 0 aliphatic carbocycles. The lowest BCUT2D eigenvalue weighted by Gasteiger charge is -2.12. The molecule has 3 nitrogen and oxygen atoms in total. The van der Waals surface area contributed by atoms with Gasteiger partial charge in [-0.1, -0.05) is 36.9 Å². The fraction of sp³-hybridized carbons (Fsp3) is 0.211. The van der Waals surface area contributed by atoms with E-state index in [4.69, 9.17) is 9.47 Å². The predicted octanol–water partition coefficient (Wildman–Crippen LogP) is 4.42. The van der Waals surface area contributed by atoms with Crippen molar-refractivity contribution in [3.8, 4) is 11.5 Å². The van der Waals surface area contributed by atoms with Gasteiger partial charge in [0.2, 0.25) is 0 Å². The van der Waals surface area contributed by atoms with E-state index in [1.807, 2.05) is 37.3 Å². The number of ketones is 1. The van der Waals surface area contributed by atoms with Crippen LogP contribution >= 0.6 is 0 Å². The SMILES string of the molecule is C=C(C)COc1cc(OCc2ccccc2)ccc1C(C)=O. The summed E-state index contributed by atoms with van der Waals surface area (Å²) < 4.78 is 11.4. The Hall–Kier alpha value is -2.55. The topological polar surface area (TPSA) is 35.5 Å². The van der Waals surface area contributed by atoms with Gasteiger partial charge >= 0.3 is 0 Å². The van der Waals surface area contributed by atoms with Crippen molar-refractivity contribution < 1.29 is 14.3 Å². The molecule has 0 saturated heterocycles.